The van der Waals surface area contributed by atoms with Crippen molar-refractivity contribution in [1.29, 1.82) is 0 Å². The first-order valence-corrected chi connectivity index (χ1v) is 15.4. The van der Waals surface area contributed by atoms with Gasteiger partial charge in [-0.3, -0.25) is 4.79 Å². The Morgan fingerprint density at radius 3 is 2.20 bits per heavy atom. The second-order valence-corrected chi connectivity index (χ2v) is 11.4. The van der Waals surface area contributed by atoms with Gasteiger partial charge >= 0.3 is 5.97 Å². The SMILES string of the molecule is [C-]#[N+]Cc1ccc(N(Cc2cc(F)cc(F)c2)Cc2ccc(C(=O)N[C@@H](CCSC)C(=O)O)c(-c3ccccc3C)c2)cc1. The maximum Gasteiger partial charge on any atom is 0.326 e. The van der Waals surface area contributed by atoms with Crippen LogP contribution >= 0.6 is 11.8 Å². The molecule has 0 bridgehead atoms. The fourth-order valence-electron chi connectivity index (χ4n) is 5.00. The van der Waals surface area contributed by atoms with E-state index < -0.39 is 29.6 Å². The van der Waals surface area contributed by atoms with E-state index >= 15 is 0 Å². The highest BCUT2D eigenvalue weighted by atomic mass is 32.2. The van der Waals surface area contributed by atoms with Crippen LogP contribution in [0.15, 0.2) is 84.9 Å². The first-order chi connectivity index (χ1) is 21.2. The number of hydrogen-bond acceptors (Lipinski definition) is 4. The number of carbonyl (C=O) groups excluding carboxylic acids is 1. The summed E-state index contributed by atoms with van der Waals surface area (Å²) in [5.41, 5.74) is 5.70. The van der Waals surface area contributed by atoms with Crippen LogP contribution in [-0.4, -0.2) is 35.0 Å². The van der Waals surface area contributed by atoms with Gasteiger partial charge in [0, 0.05) is 36.0 Å². The Morgan fingerprint density at radius 1 is 0.909 bits per heavy atom. The zero-order chi connectivity index (χ0) is 31.6. The molecule has 0 saturated carbocycles. The summed E-state index contributed by atoms with van der Waals surface area (Å²) in [5.74, 6) is -2.31. The smallest absolute Gasteiger partial charge is 0.326 e. The summed E-state index contributed by atoms with van der Waals surface area (Å²) < 4.78 is 28.2. The maximum absolute atomic E-state index is 14.1. The molecule has 4 aromatic carbocycles. The van der Waals surface area contributed by atoms with Gasteiger partial charge in [0.05, 0.1) is 0 Å². The average molecular weight is 614 g/mol. The van der Waals surface area contributed by atoms with Gasteiger partial charge in [0.2, 0.25) is 6.54 Å². The molecule has 1 atom stereocenters. The second-order valence-electron chi connectivity index (χ2n) is 10.5. The topological polar surface area (TPSA) is 74.0 Å². The van der Waals surface area contributed by atoms with Gasteiger partial charge in [0.15, 0.2) is 0 Å². The highest BCUT2D eigenvalue weighted by Crippen LogP contribution is 2.30. The fraction of sp³-hybridized carbons (Fsp3) is 0.229. The molecule has 4 rings (SSSR count). The van der Waals surface area contributed by atoms with E-state index in [-0.39, 0.29) is 13.1 Å². The summed E-state index contributed by atoms with van der Waals surface area (Å²) in [5, 5.41) is 12.4. The third-order valence-corrected chi connectivity index (χ3v) is 7.85. The number of carbonyl (C=O) groups is 2. The van der Waals surface area contributed by atoms with Crippen molar-refractivity contribution in [3.8, 4) is 11.1 Å². The minimum atomic E-state index is -1.09. The van der Waals surface area contributed by atoms with Crippen LogP contribution in [0.1, 0.15) is 39.0 Å². The van der Waals surface area contributed by atoms with Crippen molar-refractivity contribution in [2.24, 2.45) is 0 Å². The van der Waals surface area contributed by atoms with Crippen LogP contribution in [0.4, 0.5) is 14.5 Å². The molecular formula is C35H33F2N3O3S. The Kier molecular flexibility index (Phi) is 11.1. The van der Waals surface area contributed by atoms with Crippen LogP contribution in [-0.2, 0) is 24.4 Å². The maximum atomic E-state index is 14.1. The number of halogens is 2. The number of hydrogen-bond donors (Lipinski definition) is 2. The third kappa shape index (κ3) is 8.45. The van der Waals surface area contributed by atoms with Crippen LogP contribution in [0.5, 0.6) is 0 Å². The largest absolute Gasteiger partial charge is 0.480 e. The molecule has 0 aliphatic heterocycles. The quantitative estimate of drug-likeness (QED) is 0.153. The first kappa shape index (κ1) is 32.2. The number of amides is 1. The van der Waals surface area contributed by atoms with Crippen molar-refractivity contribution < 1.29 is 23.5 Å². The Hall–Kier alpha value is -4.68. The lowest BCUT2D eigenvalue weighted by Crippen LogP contribution is -2.41. The number of thioether (sulfide) groups is 1. The zero-order valence-electron chi connectivity index (χ0n) is 24.5. The molecule has 9 heteroatoms. The van der Waals surface area contributed by atoms with Crippen molar-refractivity contribution in [1.82, 2.24) is 5.32 Å². The van der Waals surface area contributed by atoms with Crippen LogP contribution in [0, 0.1) is 25.1 Å². The van der Waals surface area contributed by atoms with E-state index in [1.54, 1.807) is 12.1 Å². The first-order valence-electron chi connectivity index (χ1n) is 14.0. The van der Waals surface area contributed by atoms with Crippen LogP contribution in [0.3, 0.4) is 0 Å². The van der Waals surface area contributed by atoms with Gasteiger partial charge in [-0.2, -0.15) is 11.8 Å². The Morgan fingerprint density at radius 2 is 1.57 bits per heavy atom. The number of rotatable bonds is 13. The van der Waals surface area contributed by atoms with E-state index in [0.717, 1.165) is 34.0 Å². The molecule has 6 nitrogen and oxygen atoms in total. The van der Waals surface area contributed by atoms with Crippen LogP contribution < -0.4 is 10.2 Å². The molecule has 1 amide bonds. The van der Waals surface area contributed by atoms with Gasteiger partial charge < -0.3 is 20.2 Å². The summed E-state index contributed by atoms with van der Waals surface area (Å²) in [6, 6.07) is 22.9. The minimum absolute atomic E-state index is 0.203. The van der Waals surface area contributed by atoms with Crippen LogP contribution in [0.2, 0.25) is 0 Å². The number of nitrogens with zero attached hydrogens (tertiary/aromatic N) is 2. The molecular weight excluding hydrogens is 580 g/mol. The average Bonchev–Trinajstić information content (AvgIpc) is 2.99. The van der Waals surface area contributed by atoms with Crippen molar-refractivity contribution >= 4 is 29.3 Å². The molecule has 0 aromatic heterocycles. The number of carboxylic acid groups (broad SMARTS) is 1. The van der Waals surface area contributed by atoms with E-state index in [2.05, 4.69) is 10.2 Å². The number of aliphatic carboxylic acids is 1. The van der Waals surface area contributed by atoms with Gasteiger partial charge in [0.25, 0.3) is 5.91 Å². The van der Waals surface area contributed by atoms with E-state index in [9.17, 15) is 23.5 Å². The van der Waals surface area contributed by atoms with E-state index in [0.29, 0.717) is 35.4 Å². The Bertz CT molecular complexity index is 1650. The standard InChI is InChI=1S/C35H33F2N3O3S/c1-23-6-4-5-7-30(23)32-18-25(10-13-31(32)34(41)39-33(35(42)43)14-15-44-3)21-40(22-26-16-27(36)19-28(37)17-26)29-11-8-24(9-12-29)20-38-2/h4-13,16-19,33H,14-15,20-22H2,1,3H3,(H,39,41)(H,42,43)/t33-/m0/s1. The molecule has 0 aliphatic carbocycles. The molecule has 0 saturated heterocycles. The molecule has 0 radical (unpaired) electrons. The van der Waals surface area contributed by atoms with Crippen LogP contribution in [0.25, 0.3) is 16.0 Å². The van der Waals surface area contributed by atoms with Crippen molar-refractivity contribution in [2.75, 3.05) is 16.9 Å². The summed E-state index contributed by atoms with van der Waals surface area (Å²) in [4.78, 5) is 30.7. The number of nitrogens with one attached hydrogen (secondary N) is 1. The van der Waals surface area contributed by atoms with Crippen molar-refractivity contribution in [3.63, 3.8) is 0 Å². The van der Waals surface area contributed by atoms with Gasteiger partial charge in [-0.15, -0.1) is 0 Å². The predicted molar refractivity (Wildman–Crippen MR) is 171 cm³/mol. The number of benzene rings is 4. The number of anilines is 1. The summed E-state index contributed by atoms with van der Waals surface area (Å²) in [6.45, 7) is 9.88. The Labute approximate surface area is 260 Å². The predicted octanol–water partition coefficient (Wildman–Crippen LogP) is 7.50. The highest BCUT2D eigenvalue weighted by Gasteiger charge is 2.23. The monoisotopic (exact) mass is 613 g/mol. The third-order valence-electron chi connectivity index (χ3n) is 7.21. The zero-order valence-corrected chi connectivity index (χ0v) is 25.3. The molecule has 0 spiro atoms. The fourth-order valence-corrected chi connectivity index (χ4v) is 5.47. The van der Waals surface area contributed by atoms with Gasteiger partial charge in [-0.25, -0.2) is 20.1 Å². The van der Waals surface area contributed by atoms with Crippen molar-refractivity contribution in [3.05, 3.63) is 136 Å². The molecule has 0 fully saturated rings. The lowest BCUT2D eigenvalue weighted by Gasteiger charge is -2.26. The molecule has 0 heterocycles. The van der Waals surface area contributed by atoms with Gasteiger partial charge in [0.1, 0.15) is 17.7 Å². The van der Waals surface area contributed by atoms with Gasteiger partial charge in [-0.05, 0) is 102 Å². The highest BCUT2D eigenvalue weighted by molar-refractivity contribution is 7.98. The minimum Gasteiger partial charge on any atom is -0.480 e. The second kappa shape index (κ2) is 15.2. The lowest BCUT2D eigenvalue weighted by molar-refractivity contribution is -0.139. The molecule has 226 valence electrons. The normalized spacial score (nSPS) is 11.4. The summed E-state index contributed by atoms with van der Waals surface area (Å²) in [7, 11) is 0. The van der Waals surface area contributed by atoms with E-state index in [1.165, 1.54) is 23.9 Å². The summed E-state index contributed by atoms with van der Waals surface area (Å²) >= 11 is 1.51. The van der Waals surface area contributed by atoms with E-state index in [4.69, 9.17) is 6.57 Å². The number of aryl methyl sites for hydroxylation is 1. The van der Waals surface area contributed by atoms with E-state index in [1.807, 2.05) is 72.7 Å². The molecule has 44 heavy (non-hydrogen) atoms. The lowest BCUT2D eigenvalue weighted by atomic mass is 9.93. The molecule has 0 unspecified atom stereocenters. The number of carboxylic acids is 1. The Balaban J connectivity index is 1.74. The molecule has 2 N–H and O–H groups in total. The molecule has 4 aromatic rings. The summed E-state index contributed by atoms with van der Waals surface area (Å²) in [6.07, 6.45) is 2.18. The van der Waals surface area contributed by atoms with Gasteiger partial charge in [-0.1, -0.05) is 30.3 Å². The van der Waals surface area contributed by atoms with Crippen molar-refractivity contribution in [2.45, 2.75) is 39.0 Å². The molecule has 0 aliphatic rings.